The standard InChI is InChI=1S/C16H23N3O3/c1-13-12-19(8-11-22-13)15-4-2-14(3-5-15)17-16(20)18-6-9-21-10-7-18/h2-5,13H,6-12H2,1H3,(H,17,20). The van der Waals surface area contributed by atoms with E-state index in [9.17, 15) is 4.79 Å². The Balaban J connectivity index is 1.58. The number of hydrogen-bond donors (Lipinski definition) is 1. The summed E-state index contributed by atoms with van der Waals surface area (Å²) in [4.78, 5) is 16.2. The number of benzene rings is 1. The van der Waals surface area contributed by atoms with Crippen molar-refractivity contribution in [2.75, 3.05) is 56.2 Å². The van der Waals surface area contributed by atoms with Gasteiger partial charge in [-0.25, -0.2) is 4.79 Å². The zero-order valence-electron chi connectivity index (χ0n) is 13.0. The fourth-order valence-electron chi connectivity index (χ4n) is 2.78. The van der Waals surface area contributed by atoms with Crippen LogP contribution in [-0.2, 0) is 9.47 Å². The molecule has 0 radical (unpaired) electrons. The van der Waals surface area contributed by atoms with E-state index in [1.165, 1.54) is 5.69 Å². The number of rotatable bonds is 2. The summed E-state index contributed by atoms with van der Waals surface area (Å²) in [6.45, 7) is 7.18. The molecule has 0 aromatic heterocycles. The summed E-state index contributed by atoms with van der Waals surface area (Å²) in [5.74, 6) is 0. The lowest BCUT2D eigenvalue weighted by molar-refractivity contribution is 0.0532. The first-order chi connectivity index (χ1) is 10.7. The minimum atomic E-state index is -0.0592. The highest BCUT2D eigenvalue weighted by Gasteiger charge is 2.18. The maximum absolute atomic E-state index is 12.1. The normalized spacial score (nSPS) is 22.5. The maximum atomic E-state index is 12.1. The lowest BCUT2D eigenvalue weighted by Gasteiger charge is -2.33. The molecular formula is C16H23N3O3. The molecule has 22 heavy (non-hydrogen) atoms. The SMILES string of the molecule is CC1CN(c2ccc(NC(=O)N3CCOCC3)cc2)CCO1. The number of hydrogen-bond acceptors (Lipinski definition) is 4. The Morgan fingerprint density at radius 1 is 1.14 bits per heavy atom. The Morgan fingerprint density at radius 3 is 2.55 bits per heavy atom. The summed E-state index contributed by atoms with van der Waals surface area (Å²) >= 11 is 0. The fourth-order valence-corrected chi connectivity index (χ4v) is 2.78. The average molecular weight is 305 g/mol. The van der Waals surface area contributed by atoms with Gasteiger partial charge in [-0.15, -0.1) is 0 Å². The van der Waals surface area contributed by atoms with Gasteiger partial charge in [0.25, 0.3) is 0 Å². The number of carbonyl (C=O) groups is 1. The van der Waals surface area contributed by atoms with Gasteiger partial charge >= 0.3 is 6.03 Å². The van der Waals surface area contributed by atoms with Crippen LogP contribution in [0.15, 0.2) is 24.3 Å². The highest BCUT2D eigenvalue weighted by Crippen LogP contribution is 2.20. The molecule has 0 spiro atoms. The van der Waals surface area contributed by atoms with E-state index >= 15 is 0 Å². The predicted octanol–water partition coefficient (Wildman–Crippen LogP) is 1.78. The molecule has 2 fully saturated rings. The van der Waals surface area contributed by atoms with Crippen molar-refractivity contribution in [1.29, 1.82) is 0 Å². The number of nitrogens with zero attached hydrogens (tertiary/aromatic N) is 2. The lowest BCUT2D eigenvalue weighted by Crippen LogP contribution is -2.43. The number of ether oxygens (including phenoxy) is 2. The summed E-state index contributed by atoms with van der Waals surface area (Å²) < 4.78 is 10.8. The average Bonchev–Trinajstić information content (AvgIpc) is 2.56. The van der Waals surface area contributed by atoms with Crippen molar-refractivity contribution in [3.8, 4) is 0 Å². The van der Waals surface area contributed by atoms with Crippen molar-refractivity contribution in [3.05, 3.63) is 24.3 Å². The van der Waals surface area contributed by atoms with E-state index < -0.39 is 0 Å². The zero-order chi connectivity index (χ0) is 15.4. The molecular weight excluding hydrogens is 282 g/mol. The van der Waals surface area contributed by atoms with Crippen molar-refractivity contribution in [3.63, 3.8) is 0 Å². The second-order valence-corrected chi connectivity index (χ2v) is 5.70. The lowest BCUT2D eigenvalue weighted by atomic mass is 10.2. The van der Waals surface area contributed by atoms with E-state index in [4.69, 9.17) is 9.47 Å². The highest BCUT2D eigenvalue weighted by molar-refractivity contribution is 5.89. The van der Waals surface area contributed by atoms with E-state index in [0.29, 0.717) is 26.3 Å². The highest BCUT2D eigenvalue weighted by atomic mass is 16.5. The van der Waals surface area contributed by atoms with Gasteiger partial charge in [0, 0.05) is 37.6 Å². The Morgan fingerprint density at radius 2 is 1.86 bits per heavy atom. The summed E-state index contributed by atoms with van der Waals surface area (Å²) in [6.07, 6.45) is 0.259. The van der Waals surface area contributed by atoms with Gasteiger partial charge in [-0.05, 0) is 31.2 Å². The largest absolute Gasteiger partial charge is 0.378 e. The van der Waals surface area contributed by atoms with Gasteiger partial charge in [0.15, 0.2) is 0 Å². The van der Waals surface area contributed by atoms with Crippen LogP contribution < -0.4 is 10.2 Å². The molecule has 120 valence electrons. The third-order valence-corrected chi connectivity index (χ3v) is 4.02. The molecule has 1 aromatic carbocycles. The summed E-state index contributed by atoms with van der Waals surface area (Å²) in [7, 11) is 0. The number of carbonyl (C=O) groups excluding carboxylic acids is 1. The molecule has 2 amide bonds. The van der Waals surface area contributed by atoms with Gasteiger partial charge < -0.3 is 24.6 Å². The van der Waals surface area contributed by atoms with Gasteiger partial charge in [-0.3, -0.25) is 0 Å². The number of anilines is 2. The second-order valence-electron chi connectivity index (χ2n) is 5.70. The van der Waals surface area contributed by atoms with Crippen molar-refractivity contribution in [2.45, 2.75) is 13.0 Å². The molecule has 0 aliphatic carbocycles. The van der Waals surface area contributed by atoms with Crippen LogP contribution in [0.5, 0.6) is 0 Å². The smallest absolute Gasteiger partial charge is 0.321 e. The van der Waals surface area contributed by atoms with E-state index in [-0.39, 0.29) is 12.1 Å². The Bertz CT molecular complexity index is 500. The number of amides is 2. The summed E-state index contributed by atoms with van der Waals surface area (Å²) in [5.41, 5.74) is 1.99. The Kier molecular flexibility index (Phi) is 4.80. The monoisotopic (exact) mass is 305 g/mol. The third-order valence-electron chi connectivity index (χ3n) is 4.02. The predicted molar refractivity (Wildman–Crippen MR) is 85.5 cm³/mol. The molecule has 3 rings (SSSR count). The van der Waals surface area contributed by atoms with Gasteiger partial charge in [-0.2, -0.15) is 0 Å². The molecule has 2 aliphatic heterocycles. The molecule has 1 N–H and O–H groups in total. The molecule has 6 heteroatoms. The molecule has 1 atom stereocenters. The molecule has 0 bridgehead atoms. The van der Waals surface area contributed by atoms with E-state index in [1.54, 1.807) is 4.90 Å². The first kappa shape index (κ1) is 15.1. The van der Waals surface area contributed by atoms with Gasteiger partial charge in [-0.1, -0.05) is 0 Å². The minimum absolute atomic E-state index is 0.0592. The van der Waals surface area contributed by atoms with Crippen molar-refractivity contribution < 1.29 is 14.3 Å². The van der Waals surface area contributed by atoms with Crippen LogP contribution in [-0.4, -0.2) is 63.0 Å². The first-order valence-electron chi connectivity index (χ1n) is 7.82. The van der Waals surface area contributed by atoms with Crippen LogP contribution in [0.4, 0.5) is 16.2 Å². The van der Waals surface area contributed by atoms with Gasteiger partial charge in [0.05, 0.1) is 25.9 Å². The molecule has 2 aliphatic rings. The van der Waals surface area contributed by atoms with Crippen LogP contribution in [0.2, 0.25) is 0 Å². The van der Waals surface area contributed by atoms with E-state index in [2.05, 4.69) is 17.1 Å². The molecule has 1 unspecified atom stereocenters. The minimum Gasteiger partial charge on any atom is -0.378 e. The van der Waals surface area contributed by atoms with Gasteiger partial charge in [0.1, 0.15) is 0 Å². The third kappa shape index (κ3) is 3.69. The van der Waals surface area contributed by atoms with Crippen LogP contribution in [0.3, 0.4) is 0 Å². The summed E-state index contributed by atoms with van der Waals surface area (Å²) in [6, 6.07) is 7.94. The van der Waals surface area contributed by atoms with Crippen molar-refractivity contribution in [1.82, 2.24) is 4.90 Å². The van der Waals surface area contributed by atoms with Gasteiger partial charge in [0.2, 0.25) is 0 Å². The fraction of sp³-hybridized carbons (Fsp3) is 0.562. The molecule has 6 nitrogen and oxygen atoms in total. The number of urea groups is 1. The Hall–Kier alpha value is -1.79. The van der Waals surface area contributed by atoms with E-state index in [1.807, 2.05) is 24.3 Å². The Labute approximate surface area is 131 Å². The first-order valence-corrected chi connectivity index (χ1v) is 7.82. The van der Waals surface area contributed by atoms with Crippen LogP contribution >= 0.6 is 0 Å². The molecule has 2 heterocycles. The molecule has 2 saturated heterocycles. The van der Waals surface area contributed by atoms with Crippen LogP contribution in [0, 0.1) is 0 Å². The number of nitrogens with one attached hydrogen (secondary N) is 1. The van der Waals surface area contributed by atoms with Crippen molar-refractivity contribution in [2.24, 2.45) is 0 Å². The molecule has 1 aromatic rings. The quantitative estimate of drug-likeness (QED) is 0.905. The topological polar surface area (TPSA) is 54.0 Å². The zero-order valence-corrected chi connectivity index (χ0v) is 13.0. The van der Waals surface area contributed by atoms with E-state index in [0.717, 1.165) is 25.4 Å². The second kappa shape index (κ2) is 6.98. The van der Waals surface area contributed by atoms with Crippen LogP contribution in [0.1, 0.15) is 6.92 Å². The maximum Gasteiger partial charge on any atom is 0.321 e. The molecule has 0 saturated carbocycles. The number of morpholine rings is 2. The summed E-state index contributed by atoms with van der Waals surface area (Å²) in [5, 5.41) is 2.94. The van der Waals surface area contributed by atoms with Crippen LogP contribution in [0.25, 0.3) is 0 Å². The van der Waals surface area contributed by atoms with Crippen molar-refractivity contribution >= 4 is 17.4 Å².